The molecule has 0 unspecified atom stereocenters. The molecule has 166 valence electrons. The van der Waals surface area contributed by atoms with E-state index in [4.69, 9.17) is 25.0 Å². The minimum atomic E-state index is -0.583. The van der Waals surface area contributed by atoms with Gasteiger partial charge in [-0.3, -0.25) is 4.79 Å². The van der Waals surface area contributed by atoms with Crippen molar-refractivity contribution >= 4 is 11.9 Å². The Hall–Kier alpha value is -4.01. The summed E-state index contributed by atoms with van der Waals surface area (Å²) in [5.41, 5.74) is 8.34. The number of fused-ring (bicyclic) bond motifs is 1. The van der Waals surface area contributed by atoms with Crippen LogP contribution < -0.4 is 25.3 Å². The first kappa shape index (κ1) is 21.2. The van der Waals surface area contributed by atoms with Crippen LogP contribution in [0.4, 0.5) is 5.95 Å². The van der Waals surface area contributed by atoms with E-state index in [1.54, 1.807) is 25.8 Å². The predicted molar refractivity (Wildman–Crippen MR) is 120 cm³/mol. The van der Waals surface area contributed by atoms with Gasteiger partial charge in [0.25, 0.3) is 0 Å². The highest BCUT2D eigenvalue weighted by Gasteiger charge is 2.34. The van der Waals surface area contributed by atoms with E-state index in [0.29, 0.717) is 46.9 Å². The maximum absolute atomic E-state index is 12.4. The maximum Gasteiger partial charge on any atom is 0.248 e. The molecule has 1 aliphatic rings. The molecule has 9 nitrogen and oxygen atoms in total. The van der Waals surface area contributed by atoms with E-state index in [-0.39, 0.29) is 0 Å². The van der Waals surface area contributed by atoms with Gasteiger partial charge in [0.15, 0.2) is 17.3 Å². The second-order valence-electron chi connectivity index (χ2n) is 7.21. The highest BCUT2D eigenvalue weighted by Crippen LogP contribution is 2.39. The molecule has 3 N–H and O–H groups in total. The van der Waals surface area contributed by atoms with E-state index >= 15 is 0 Å². The number of nitrogens with two attached hydrogens (primary N) is 1. The largest absolute Gasteiger partial charge is 0.497 e. The molecule has 2 aromatic carbocycles. The SMILES string of the molecule is CCOc1ccc([C@H]2C(C(N)=O)=C(C)Nc3nc(-c4cccc(OC)c4)nn32)cc1OC. The van der Waals surface area contributed by atoms with E-state index in [2.05, 4.69) is 10.3 Å². The van der Waals surface area contributed by atoms with Crippen LogP contribution >= 0.6 is 0 Å². The number of carbonyl (C=O) groups is 1. The highest BCUT2D eigenvalue weighted by molar-refractivity contribution is 5.95. The third-order valence-corrected chi connectivity index (χ3v) is 5.25. The first-order valence-electron chi connectivity index (χ1n) is 10.2. The summed E-state index contributed by atoms with van der Waals surface area (Å²) in [5, 5.41) is 7.86. The Kier molecular flexibility index (Phi) is 5.72. The van der Waals surface area contributed by atoms with Crippen molar-refractivity contribution < 1.29 is 19.0 Å². The lowest BCUT2D eigenvalue weighted by atomic mass is 9.95. The number of carbonyl (C=O) groups excluding carboxylic acids is 1. The molecule has 1 amide bonds. The Morgan fingerprint density at radius 1 is 1.16 bits per heavy atom. The minimum absolute atomic E-state index is 0.394. The lowest BCUT2D eigenvalue weighted by Gasteiger charge is -2.28. The summed E-state index contributed by atoms with van der Waals surface area (Å²) in [4.78, 5) is 17.1. The van der Waals surface area contributed by atoms with Crippen LogP contribution in [-0.2, 0) is 4.79 Å². The monoisotopic (exact) mass is 435 g/mol. The van der Waals surface area contributed by atoms with E-state index in [0.717, 1.165) is 11.1 Å². The summed E-state index contributed by atoms with van der Waals surface area (Å²) in [5.74, 6) is 2.32. The fourth-order valence-electron chi connectivity index (χ4n) is 3.79. The summed E-state index contributed by atoms with van der Waals surface area (Å²) in [6.45, 7) is 4.20. The first-order chi connectivity index (χ1) is 15.5. The first-order valence-corrected chi connectivity index (χ1v) is 10.2. The van der Waals surface area contributed by atoms with Crippen molar-refractivity contribution in [2.75, 3.05) is 26.1 Å². The summed E-state index contributed by atoms with van der Waals surface area (Å²) in [6.07, 6.45) is 0. The highest BCUT2D eigenvalue weighted by atomic mass is 16.5. The second-order valence-corrected chi connectivity index (χ2v) is 7.21. The fourth-order valence-corrected chi connectivity index (χ4v) is 3.79. The van der Waals surface area contributed by atoms with Crippen molar-refractivity contribution in [2.24, 2.45) is 5.73 Å². The number of hydrogen-bond acceptors (Lipinski definition) is 7. The Bertz CT molecular complexity index is 1200. The molecular formula is C23H25N5O4. The van der Waals surface area contributed by atoms with Crippen LogP contribution in [0, 0.1) is 0 Å². The maximum atomic E-state index is 12.4. The molecule has 0 radical (unpaired) electrons. The van der Waals surface area contributed by atoms with Crippen LogP contribution in [0.5, 0.6) is 17.2 Å². The van der Waals surface area contributed by atoms with E-state index in [9.17, 15) is 4.79 Å². The number of allylic oxidation sites excluding steroid dienone is 1. The van der Waals surface area contributed by atoms with Gasteiger partial charge in [-0.15, -0.1) is 5.10 Å². The van der Waals surface area contributed by atoms with Gasteiger partial charge in [-0.25, -0.2) is 4.68 Å². The number of anilines is 1. The number of nitrogens with one attached hydrogen (secondary N) is 1. The van der Waals surface area contributed by atoms with Crippen molar-refractivity contribution in [2.45, 2.75) is 19.9 Å². The number of methoxy groups -OCH3 is 2. The molecule has 9 heteroatoms. The van der Waals surface area contributed by atoms with Gasteiger partial charge in [-0.1, -0.05) is 18.2 Å². The number of primary amides is 1. The van der Waals surface area contributed by atoms with Crippen molar-refractivity contribution in [1.29, 1.82) is 0 Å². The van der Waals surface area contributed by atoms with Gasteiger partial charge >= 0.3 is 0 Å². The molecular weight excluding hydrogens is 410 g/mol. The van der Waals surface area contributed by atoms with Gasteiger partial charge in [-0.05, 0) is 43.7 Å². The van der Waals surface area contributed by atoms with Gasteiger partial charge in [0.05, 0.1) is 26.4 Å². The molecule has 32 heavy (non-hydrogen) atoms. The van der Waals surface area contributed by atoms with E-state index in [1.807, 2.05) is 49.4 Å². The number of hydrogen-bond donors (Lipinski definition) is 2. The predicted octanol–water partition coefficient (Wildman–Crippen LogP) is 3.14. The van der Waals surface area contributed by atoms with Crippen LogP contribution in [0.3, 0.4) is 0 Å². The van der Waals surface area contributed by atoms with Crippen molar-refractivity contribution in [3.8, 4) is 28.6 Å². The molecule has 4 rings (SSSR count). The average Bonchev–Trinajstić information content (AvgIpc) is 3.22. The number of benzene rings is 2. The topological polar surface area (TPSA) is 114 Å². The molecule has 1 atom stereocenters. The number of amides is 1. The zero-order valence-electron chi connectivity index (χ0n) is 18.4. The standard InChI is InChI=1S/C23H25N5O4/c1-5-32-17-10-9-14(12-18(17)31-4)20-19(21(24)29)13(2)25-23-26-22(27-28(20)23)15-7-6-8-16(11-15)30-3/h6-12,20H,5H2,1-4H3,(H2,24,29)(H,25,26,27)/t20-/m0/s1. The minimum Gasteiger partial charge on any atom is -0.497 e. The fraction of sp³-hybridized carbons (Fsp3) is 0.261. The van der Waals surface area contributed by atoms with Crippen molar-refractivity contribution in [1.82, 2.24) is 14.8 Å². The van der Waals surface area contributed by atoms with Crippen LogP contribution in [0.15, 0.2) is 53.7 Å². The average molecular weight is 435 g/mol. The van der Waals surface area contributed by atoms with Crippen LogP contribution in [-0.4, -0.2) is 41.5 Å². The van der Waals surface area contributed by atoms with Crippen molar-refractivity contribution in [3.63, 3.8) is 0 Å². The quantitative estimate of drug-likeness (QED) is 0.586. The van der Waals surface area contributed by atoms with Crippen LogP contribution in [0.1, 0.15) is 25.5 Å². The summed E-state index contributed by atoms with van der Waals surface area (Å²) in [7, 11) is 3.18. The molecule has 0 saturated carbocycles. The van der Waals surface area contributed by atoms with E-state index in [1.165, 1.54) is 0 Å². The normalized spacial score (nSPS) is 15.1. The summed E-state index contributed by atoms with van der Waals surface area (Å²) < 4.78 is 18.1. The molecule has 0 aliphatic carbocycles. The Balaban J connectivity index is 1.86. The third kappa shape index (κ3) is 3.73. The summed E-state index contributed by atoms with van der Waals surface area (Å²) >= 11 is 0. The van der Waals surface area contributed by atoms with Crippen molar-refractivity contribution in [3.05, 3.63) is 59.3 Å². The lowest BCUT2D eigenvalue weighted by Crippen LogP contribution is -2.31. The van der Waals surface area contributed by atoms with Gasteiger partial charge in [0.1, 0.15) is 11.8 Å². The Morgan fingerprint density at radius 2 is 1.97 bits per heavy atom. The number of aromatic nitrogens is 3. The number of ether oxygens (including phenoxy) is 3. The van der Waals surface area contributed by atoms with Crippen LogP contribution in [0.2, 0.25) is 0 Å². The van der Waals surface area contributed by atoms with Crippen LogP contribution in [0.25, 0.3) is 11.4 Å². The molecule has 0 fully saturated rings. The van der Waals surface area contributed by atoms with Gasteiger partial charge in [0, 0.05) is 11.3 Å². The summed E-state index contributed by atoms with van der Waals surface area (Å²) in [6, 6.07) is 12.4. The second kappa shape index (κ2) is 8.62. The molecule has 2 heterocycles. The third-order valence-electron chi connectivity index (χ3n) is 5.25. The lowest BCUT2D eigenvalue weighted by molar-refractivity contribution is -0.115. The molecule has 3 aromatic rings. The molecule has 0 saturated heterocycles. The molecule has 1 aliphatic heterocycles. The van der Waals surface area contributed by atoms with E-state index < -0.39 is 11.9 Å². The zero-order chi connectivity index (χ0) is 22.8. The Labute approximate surface area is 185 Å². The van der Waals surface area contributed by atoms with Gasteiger partial charge in [-0.2, -0.15) is 4.98 Å². The molecule has 0 bridgehead atoms. The van der Waals surface area contributed by atoms with Gasteiger partial charge < -0.3 is 25.3 Å². The van der Waals surface area contributed by atoms with Gasteiger partial charge in [0.2, 0.25) is 11.9 Å². The smallest absolute Gasteiger partial charge is 0.248 e. The molecule has 0 spiro atoms. The zero-order valence-corrected chi connectivity index (χ0v) is 18.4. The molecule has 1 aromatic heterocycles. The number of rotatable bonds is 7. The number of nitrogens with zero attached hydrogens (tertiary/aromatic N) is 3. The Morgan fingerprint density at radius 3 is 2.66 bits per heavy atom.